The summed E-state index contributed by atoms with van der Waals surface area (Å²) in [6.45, 7) is 0.488. The summed E-state index contributed by atoms with van der Waals surface area (Å²) >= 11 is 0. The molecule has 1 saturated heterocycles. The summed E-state index contributed by atoms with van der Waals surface area (Å²) in [4.78, 5) is 27.4. The topological polar surface area (TPSA) is 75.9 Å². The summed E-state index contributed by atoms with van der Waals surface area (Å²) < 4.78 is 5.46. The monoisotopic (exact) mass is 291 g/mol. The quantitative estimate of drug-likeness (QED) is 0.830. The van der Waals surface area contributed by atoms with Crippen LogP contribution < -0.4 is 10.5 Å². The first-order valence-electron chi connectivity index (χ1n) is 6.98. The van der Waals surface area contributed by atoms with Gasteiger partial charge in [-0.3, -0.25) is 9.59 Å². The molecule has 1 atom stereocenters. The summed E-state index contributed by atoms with van der Waals surface area (Å²) in [6, 6.07) is 6.66. The Labute approximate surface area is 124 Å². The predicted octanol–water partition coefficient (Wildman–Crippen LogP) is 0.727. The molecular weight excluding hydrogens is 270 g/mol. The van der Waals surface area contributed by atoms with Crippen molar-refractivity contribution in [3.8, 4) is 5.75 Å². The SMILES string of the molecule is CN(C)C(=O)C1CCCN1C(=O)COc1ccccc1N. The van der Waals surface area contributed by atoms with E-state index in [-0.39, 0.29) is 24.5 Å². The van der Waals surface area contributed by atoms with E-state index in [2.05, 4.69) is 0 Å². The van der Waals surface area contributed by atoms with E-state index in [9.17, 15) is 9.59 Å². The van der Waals surface area contributed by atoms with Crippen molar-refractivity contribution in [3.05, 3.63) is 24.3 Å². The number of para-hydroxylation sites is 2. The van der Waals surface area contributed by atoms with Crippen LogP contribution in [0, 0.1) is 0 Å². The van der Waals surface area contributed by atoms with Gasteiger partial charge in [0.15, 0.2) is 6.61 Å². The van der Waals surface area contributed by atoms with Gasteiger partial charge in [0.2, 0.25) is 5.91 Å². The van der Waals surface area contributed by atoms with E-state index in [0.717, 1.165) is 6.42 Å². The number of carbonyl (C=O) groups is 2. The Morgan fingerprint density at radius 1 is 1.38 bits per heavy atom. The number of nitrogens with two attached hydrogens (primary N) is 1. The molecule has 0 radical (unpaired) electrons. The van der Waals surface area contributed by atoms with Crippen molar-refractivity contribution in [3.63, 3.8) is 0 Å². The number of anilines is 1. The number of nitrogens with zero attached hydrogens (tertiary/aromatic N) is 2. The van der Waals surface area contributed by atoms with E-state index in [0.29, 0.717) is 24.4 Å². The zero-order valence-corrected chi connectivity index (χ0v) is 12.4. The molecule has 0 bridgehead atoms. The molecule has 2 N–H and O–H groups in total. The van der Waals surface area contributed by atoms with Crippen LogP contribution in [0.3, 0.4) is 0 Å². The van der Waals surface area contributed by atoms with Gasteiger partial charge in [-0.15, -0.1) is 0 Å². The molecule has 1 aliphatic rings. The number of carbonyl (C=O) groups excluding carboxylic acids is 2. The Kier molecular flexibility index (Phi) is 4.67. The number of nitrogen functional groups attached to an aromatic ring is 1. The van der Waals surface area contributed by atoms with Crippen LogP contribution in [0.25, 0.3) is 0 Å². The van der Waals surface area contributed by atoms with E-state index in [4.69, 9.17) is 10.5 Å². The minimum absolute atomic E-state index is 0.0416. The van der Waals surface area contributed by atoms with E-state index >= 15 is 0 Å². The standard InChI is InChI=1S/C15H21N3O3/c1-17(2)15(20)12-7-5-9-18(12)14(19)10-21-13-8-4-3-6-11(13)16/h3-4,6,8,12H,5,7,9-10,16H2,1-2H3. The van der Waals surface area contributed by atoms with E-state index in [1.165, 1.54) is 4.90 Å². The van der Waals surface area contributed by atoms with Crippen molar-refractivity contribution in [2.75, 3.05) is 33.0 Å². The third-order valence-electron chi connectivity index (χ3n) is 3.57. The van der Waals surface area contributed by atoms with Crippen LogP contribution in [-0.4, -0.2) is 54.9 Å². The highest BCUT2D eigenvalue weighted by Crippen LogP contribution is 2.22. The number of hydrogen-bond acceptors (Lipinski definition) is 4. The number of hydrogen-bond donors (Lipinski definition) is 1. The number of amides is 2. The molecule has 0 spiro atoms. The van der Waals surface area contributed by atoms with Crippen LogP contribution in [0.15, 0.2) is 24.3 Å². The number of benzene rings is 1. The first-order chi connectivity index (χ1) is 10.0. The second-order valence-corrected chi connectivity index (χ2v) is 5.30. The van der Waals surface area contributed by atoms with Crippen LogP contribution in [-0.2, 0) is 9.59 Å². The lowest BCUT2D eigenvalue weighted by Crippen LogP contribution is -2.46. The average Bonchev–Trinajstić information content (AvgIpc) is 2.94. The second kappa shape index (κ2) is 6.47. The lowest BCUT2D eigenvalue weighted by molar-refractivity contribution is -0.143. The first kappa shape index (κ1) is 15.2. The maximum Gasteiger partial charge on any atom is 0.261 e. The highest BCUT2D eigenvalue weighted by Gasteiger charge is 2.34. The molecule has 1 fully saturated rings. The number of likely N-dealkylation sites (N-methyl/N-ethyl adjacent to an activating group) is 1. The van der Waals surface area contributed by atoms with Gasteiger partial charge < -0.3 is 20.3 Å². The van der Waals surface area contributed by atoms with Gasteiger partial charge in [-0.1, -0.05) is 12.1 Å². The van der Waals surface area contributed by atoms with Crippen molar-refractivity contribution in [2.45, 2.75) is 18.9 Å². The Hall–Kier alpha value is -2.24. The molecule has 1 aromatic rings. The summed E-state index contributed by atoms with van der Waals surface area (Å²) in [7, 11) is 3.40. The van der Waals surface area contributed by atoms with Crippen LogP contribution >= 0.6 is 0 Å². The Morgan fingerprint density at radius 3 is 2.76 bits per heavy atom. The predicted molar refractivity (Wildman–Crippen MR) is 79.8 cm³/mol. The van der Waals surface area contributed by atoms with Gasteiger partial charge in [0.25, 0.3) is 5.91 Å². The minimum atomic E-state index is -0.371. The maximum absolute atomic E-state index is 12.3. The zero-order valence-electron chi connectivity index (χ0n) is 12.4. The van der Waals surface area contributed by atoms with Gasteiger partial charge in [-0.05, 0) is 25.0 Å². The van der Waals surface area contributed by atoms with Crippen LogP contribution in [0.1, 0.15) is 12.8 Å². The molecule has 1 aromatic carbocycles. The fraction of sp³-hybridized carbons (Fsp3) is 0.467. The molecular formula is C15H21N3O3. The molecule has 114 valence electrons. The van der Waals surface area contributed by atoms with Crippen molar-refractivity contribution < 1.29 is 14.3 Å². The molecule has 2 amide bonds. The van der Waals surface area contributed by atoms with Crippen LogP contribution in [0.4, 0.5) is 5.69 Å². The third kappa shape index (κ3) is 3.45. The zero-order chi connectivity index (χ0) is 15.4. The lowest BCUT2D eigenvalue weighted by atomic mass is 10.2. The summed E-state index contributed by atoms with van der Waals surface area (Å²) in [5.41, 5.74) is 6.26. The van der Waals surface area contributed by atoms with Crippen molar-refractivity contribution in [1.82, 2.24) is 9.80 Å². The average molecular weight is 291 g/mol. The molecule has 6 nitrogen and oxygen atoms in total. The highest BCUT2D eigenvalue weighted by molar-refractivity contribution is 5.88. The minimum Gasteiger partial charge on any atom is -0.482 e. The molecule has 2 rings (SSSR count). The van der Waals surface area contributed by atoms with Crippen LogP contribution in [0.5, 0.6) is 5.75 Å². The van der Waals surface area contributed by atoms with Gasteiger partial charge in [0.1, 0.15) is 11.8 Å². The molecule has 0 aliphatic carbocycles. The van der Waals surface area contributed by atoms with Gasteiger partial charge in [0, 0.05) is 20.6 Å². The molecule has 6 heteroatoms. The van der Waals surface area contributed by atoms with Crippen LogP contribution in [0.2, 0.25) is 0 Å². The van der Waals surface area contributed by atoms with E-state index < -0.39 is 0 Å². The molecule has 0 saturated carbocycles. The molecule has 0 aromatic heterocycles. The van der Waals surface area contributed by atoms with Crippen molar-refractivity contribution >= 4 is 17.5 Å². The van der Waals surface area contributed by atoms with Crippen molar-refractivity contribution in [2.24, 2.45) is 0 Å². The summed E-state index contributed by atoms with van der Waals surface area (Å²) in [5, 5.41) is 0. The van der Waals surface area contributed by atoms with Gasteiger partial charge in [-0.25, -0.2) is 0 Å². The molecule has 1 aliphatic heterocycles. The Morgan fingerprint density at radius 2 is 2.10 bits per heavy atom. The Balaban J connectivity index is 1.97. The smallest absolute Gasteiger partial charge is 0.261 e. The second-order valence-electron chi connectivity index (χ2n) is 5.30. The number of likely N-dealkylation sites (tertiary alicyclic amines) is 1. The summed E-state index contributed by atoms with van der Waals surface area (Å²) in [5.74, 6) is 0.261. The van der Waals surface area contributed by atoms with Gasteiger partial charge >= 0.3 is 0 Å². The fourth-order valence-electron chi connectivity index (χ4n) is 2.45. The largest absolute Gasteiger partial charge is 0.482 e. The van der Waals surface area contributed by atoms with Gasteiger partial charge in [0.05, 0.1) is 5.69 Å². The molecule has 1 unspecified atom stereocenters. The van der Waals surface area contributed by atoms with Crippen molar-refractivity contribution in [1.29, 1.82) is 0 Å². The maximum atomic E-state index is 12.3. The Bertz CT molecular complexity index is 531. The molecule has 21 heavy (non-hydrogen) atoms. The number of rotatable bonds is 4. The van der Waals surface area contributed by atoms with E-state index in [1.807, 2.05) is 0 Å². The lowest BCUT2D eigenvalue weighted by Gasteiger charge is -2.26. The number of ether oxygens (including phenoxy) is 1. The first-order valence-corrected chi connectivity index (χ1v) is 6.98. The normalized spacial score (nSPS) is 17.6. The summed E-state index contributed by atoms with van der Waals surface area (Å²) in [6.07, 6.45) is 1.54. The highest BCUT2D eigenvalue weighted by atomic mass is 16.5. The van der Waals surface area contributed by atoms with E-state index in [1.54, 1.807) is 43.3 Å². The van der Waals surface area contributed by atoms with Gasteiger partial charge in [-0.2, -0.15) is 0 Å². The third-order valence-corrected chi connectivity index (χ3v) is 3.57. The fourth-order valence-corrected chi connectivity index (χ4v) is 2.45. The molecule has 1 heterocycles.